The number of aromatic nitrogens is 1. The summed E-state index contributed by atoms with van der Waals surface area (Å²) < 4.78 is 1.22. The quantitative estimate of drug-likeness (QED) is 0.588. The zero-order valence-electron chi connectivity index (χ0n) is 9.75. The maximum Gasteiger partial charge on any atom is 0.150 e. The molecule has 0 aliphatic heterocycles. The monoisotopic (exact) mass is 244 g/mol. The Morgan fingerprint density at radius 1 is 1.53 bits per heavy atom. The van der Waals surface area contributed by atoms with E-state index in [1.807, 2.05) is 18.8 Å². The van der Waals surface area contributed by atoms with Crippen LogP contribution >= 0.6 is 23.1 Å². The van der Waals surface area contributed by atoms with Gasteiger partial charge < -0.3 is 5.32 Å². The molecule has 0 spiro atoms. The maximum atomic E-state index is 4.43. The standard InChI is InChI=1S/C11H20N2S2/c1-9(12-3)6-4-5-7-14-11-13-10(2)8-15-11/h8-9,12H,4-7H2,1-3H3. The van der Waals surface area contributed by atoms with Crippen LogP contribution in [0.15, 0.2) is 9.72 Å². The van der Waals surface area contributed by atoms with Gasteiger partial charge in [-0.25, -0.2) is 4.98 Å². The molecule has 4 heteroatoms. The summed E-state index contributed by atoms with van der Waals surface area (Å²) in [6.07, 6.45) is 3.86. The molecule has 0 radical (unpaired) electrons. The second kappa shape index (κ2) is 7.25. The number of nitrogens with one attached hydrogen (secondary N) is 1. The van der Waals surface area contributed by atoms with Gasteiger partial charge in [0, 0.05) is 22.9 Å². The molecular weight excluding hydrogens is 224 g/mol. The van der Waals surface area contributed by atoms with Gasteiger partial charge >= 0.3 is 0 Å². The highest BCUT2D eigenvalue weighted by Crippen LogP contribution is 2.23. The molecule has 1 N–H and O–H groups in total. The molecule has 1 atom stereocenters. The van der Waals surface area contributed by atoms with Crippen molar-refractivity contribution in [2.75, 3.05) is 12.8 Å². The fourth-order valence-corrected chi connectivity index (χ4v) is 3.17. The Bertz CT molecular complexity index is 273. The normalized spacial score (nSPS) is 13.0. The van der Waals surface area contributed by atoms with E-state index < -0.39 is 0 Å². The van der Waals surface area contributed by atoms with Crippen LogP contribution in [-0.4, -0.2) is 23.8 Å². The van der Waals surface area contributed by atoms with E-state index in [0.717, 1.165) is 5.69 Å². The fourth-order valence-electron chi connectivity index (χ4n) is 1.26. The highest BCUT2D eigenvalue weighted by atomic mass is 32.2. The lowest BCUT2D eigenvalue weighted by Gasteiger charge is -2.08. The van der Waals surface area contributed by atoms with Gasteiger partial charge in [-0.2, -0.15) is 0 Å². The van der Waals surface area contributed by atoms with Crippen LogP contribution < -0.4 is 5.32 Å². The van der Waals surface area contributed by atoms with E-state index in [1.54, 1.807) is 11.3 Å². The molecular formula is C11H20N2S2. The van der Waals surface area contributed by atoms with Gasteiger partial charge in [0.1, 0.15) is 4.34 Å². The molecule has 0 saturated carbocycles. The van der Waals surface area contributed by atoms with Gasteiger partial charge in [-0.3, -0.25) is 0 Å². The van der Waals surface area contributed by atoms with Crippen LogP contribution in [0.1, 0.15) is 31.9 Å². The second-order valence-corrected chi connectivity index (χ2v) is 5.99. The number of thioether (sulfide) groups is 1. The molecule has 1 unspecified atom stereocenters. The number of rotatable bonds is 7. The van der Waals surface area contributed by atoms with E-state index >= 15 is 0 Å². The van der Waals surface area contributed by atoms with Crippen LogP contribution in [0.5, 0.6) is 0 Å². The minimum absolute atomic E-state index is 0.650. The van der Waals surface area contributed by atoms with Gasteiger partial charge in [-0.15, -0.1) is 11.3 Å². The number of thiazole rings is 1. The van der Waals surface area contributed by atoms with Gasteiger partial charge in [-0.05, 0) is 33.7 Å². The van der Waals surface area contributed by atoms with Crippen molar-refractivity contribution >= 4 is 23.1 Å². The first-order valence-corrected chi connectivity index (χ1v) is 7.31. The van der Waals surface area contributed by atoms with E-state index in [4.69, 9.17) is 0 Å². The molecule has 0 aromatic carbocycles. The number of hydrogen-bond donors (Lipinski definition) is 1. The molecule has 0 amide bonds. The van der Waals surface area contributed by atoms with E-state index in [0.29, 0.717) is 6.04 Å². The predicted molar refractivity (Wildman–Crippen MR) is 69.9 cm³/mol. The SMILES string of the molecule is CNC(C)CCCCSc1nc(C)cs1. The third-order valence-electron chi connectivity index (χ3n) is 2.35. The Kier molecular flexibility index (Phi) is 6.29. The third-order valence-corrected chi connectivity index (χ3v) is 4.57. The largest absolute Gasteiger partial charge is 0.317 e. The zero-order chi connectivity index (χ0) is 11.1. The predicted octanol–water partition coefficient (Wildman–Crippen LogP) is 3.32. The van der Waals surface area contributed by atoms with Crippen molar-refractivity contribution in [1.82, 2.24) is 10.3 Å². The molecule has 2 nitrogen and oxygen atoms in total. The van der Waals surface area contributed by atoms with E-state index in [2.05, 4.69) is 29.5 Å². The minimum Gasteiger partial charge on any atom is -0.317 e. The lowest BCUT2D eigenvalue weighted by molar-refractivity contribution is 0.539. The summed E-state index contributed by atoms with van der Waals surface area (Å²) >= 11 is 3.65. The van der Waals surface area contributed by atoms with Crippen LogP contribution in [0.2, 0.25) is 0 Å². The Morgan fingerprint density at radius 3 is 2.93 bits per heavy atom. The second-order valence-electron chi connectivity index (χ2n) is 3.79. The number of unbranched alkanes of at least 4 members (excludes halogenated alkanes) is 1. The molecule has 1 heterocycles. The molecule has 0 saturated heterocycles. The molecule has 0 bridgehead atoms. The number of aryl methyl sites for hydroxylation is 1. The Balaban J connectivity index is 2.02. The Labute approximate surface area is 101 Å². The van der Waals surface area contributed by atoms with Crippen LogP contribution in [0.25, 0.3) is 0 Å². The van der Waals surface area contributed by atoms with Gasteiger partial charge in [0.15, 0.2) is 0 Å². The van der Waals surface area contributed by atoms with Crippen molar-refractivity contribution in [2.45, 2.75) is 43.5 Å². The van der Waals surface area contributed by atoms with Gasteiger partial charge in [0.05, 0.1) is 0 Å². The topological polar surface area (TPSA) is 24.9 Å². The van der Waals surface area contributed by atoms with Crippen molar-refractivity contribution in [2.24, 2.45) is 0 Å². The molecule has 15 heavy (non-hydrogen) atoms. The minimum atomic E-state index is 0.650. The summed E-state index contributed by atoms with van der Waals surface area (Å²) in [5, 5.41) is 5.38. The molecule has 0 aliphatic rings. The summed E-state index contributed by atoms with van der Waals surface area (Å²) in [6, 6.07) is 0.650. The van der Waals surface area contributed by atoms with Crippen molar-refractivity contribution in [3.8, 4) is 0 Å². The van der Waals surface area contributed by atoms with E-state index in [-0.39, 0.29) is 0 Å². The van der Waals surface area contributed by atoms with Crippen LogP contribution in [0.3, 0.4) is 0 Å². The highest BCUT2D eigenvalue weighted by molar-refractivity contribution is 8.00. The lowest BCUT2D eigenvalue weighted by Crippen LogP contribution is -2.20. The first kappa shape index (κ1) is 13.0. The van der Waals surface area contributed by atoms with E-state index in [1.165, 1.54) is 29.4 Å². The Morgan fingerprint density at radius 2 is 2.33 bits per heavy atom. The van der Waals surface area contributed by atoms with Crippen molar-refractivity contribution in [3.63, 3.8) is 0 Å². The van der Waals surface area contributed by atoms with Crippen LogP contribution in [0, 0.1) is 6.92 Å². The van der Waals surface area contributed by atoms with Gasteiger partial charge in [0.25, 0.3) is 0 Å². The summed E-state index contributed by atoms with van der Waals surface area (Å²) in [7, 11) is 2.03. The average Bonchev–Trinajstić information content (AvgIpc) is 2.63. The number of nitrogens with zero attached hydrogens (tertiary/aromatic N) is 1. The Hall–Kier alpha value is -0.0600. The average molecular weight is 244 g/mol. The maximum absolute atomic E-state index is 4.43. The highest BCUT2D eigenvalue weighted by Gasteiger charge is 2.00. The van der Waals surface area contributed by atoms with Crippen molar-refractivity contribution in [3.05, 3.63) is 11.1 Å². The molecule has 1 aromatic rings. The summed E-state index contributed by atoms with van der Waals surface area (Å²) in [6.45, 7) is 4.28. The van der Waals surface area contributed by atoms with Gasteiger partial charge in [-0.1, -0.05) is 18.2 Å². The number of hydrogen-bond acceptors (Lipinski definition) is 4. The molecule has 86 valence electrons. The lowest BCUT2D eigenvalue weighted by atomic mass is 10.1. The molecule has 0 aliphatic carbocycles. The first-order chi connectivity index (χ1) is 7.22. The molecule has 1 rings (SSSR count). The zero-order valence-corrected chi connectivity index (χ0v) is 11.4. The van der Waals surface area contributed by atoms with Gasteiger partial charge in [0.2, 0.25) is 0 Å². The molecule has 1 aromatic heterocycles. The first-order valence-electron chi connectivity index (χ1n) is 5.44. The van der Waals surface area contributed by atoms with Crippen molar-refractivity contribution in [1.29, 1.82) is 0 Å². The third kappa shape index (κ3) is 5.54. The smallest absolute Gasteiger partial charge is 0.150 e. The summed E-state index contributed by atoms with van der Waals surface area (Å²) in [5.41, 5.74) is 1.14. The van der Waals surface area contributed by atoms with Crippen LogP contribution in [-0.2, 0) is 0 Å². The summed E-state index contributed by atoms with van der Waals surface area (Å²) in [5.74, 6) is 1.20. The van der Waals surface area contributed by atoms with E-state index in [9.17, 15) is 0 Å². The van der Waals surface area contributed by atoms with Crippen LogP contribution in [0.4, 0.5) is 0 Å². The van der Waals surface area contributed by atoms with Crippen molar-refractivity contribution < 1.29 is 0 Å². The molecule has 0 fully saturated rings. The summed E-state index contributed by atoms with van der Waals surface area (Å²) in [4.78, 5) is 4.43. The fraction of sp³-hybridized carbons (Fsp3) is 0.727.